The van der Waals surface area contributed by atoms with Crippen molar-refractivity contribution in [3.8, 4) is 0 Å². The standard InChI is InChI=1S/C12H10N6O4S/c13-12-14-7(5-23-12)10(11(19)20)16-22-4-6-2-1-3-8-9(6)15-17-18(8)21/h1-3,5,21H,4H2,(H2,13,14)(H,19,20). The summed E-state index contributed by atoms with van der Waals surface area (Å²) in [6.45, 7) is -0.0492. The van der Waals surface area contributed by atoms with E-state index in [2.05, 4.69) is 20.5 Å². The molecule has 0 aliphatic carbocycles. The quantitative estimate of drug-likeness (QED) is 0.351. The van der Waals surface area contributed by atoms with Crippen LogP contribution >= 0.6 is 11.3 Å². The van der Waals surface area contributed by atoms with Crippen LogP contribution in [0.2, 0.25) is 0 Å². The first kappa shape index (κ1) is 14.7. The van der Waals surface area contributed by atoms with Crippen molar-refractivity contribution in [2.24, 2.45) is 5.16 Å². The third-order valence-corrected chi connectivity index (χ3v) is 3.56. The lowest BCUT2D eigenvalue weighted by Gasteiger charge is -2.02. The first-order chi connectivity index (χ1) is 11.1. The first-order valence-corrected chi connectivity index (χ1v) is 7.11. The number of aromatic nitrogens is 4. The van der Waals surface area contributed by atoms with Gasteiger partial charge < -0.3 is 20.9 Å². The van der Waals surface area contributed by atoms with Gasteiger partial charge in [0.1, 0.15) is 23.3 Å². The Balaban J connectivity index is 1.82. The average molecular weight is 334 g/mol. The summed E-state index contributed by atoms with van der Waals surface area (Å²) in [5.41, 5.74) is 6.68. The number of aliphatic carboxylic acids is 1. The molecule has 3 rings (SSSR count). The van der Waals surface area contributed by atoms with E-state index in [0.717, 1.165) is 11.3 Å². The highest BCUT2D eigenvalue weighted by molar-refractivity contribution is 7.13. The summed E-state index contributed by atoms with van der Waals surface area (Å²) in [4.78, 5) is 20.8. The molecule has 0 saturated carbocycles. The van der Waals surface area contributed by atoms with Crippen molar-refractivity contribution in [2.45, 2.75) is 6.61 Å². The summed E-state index contributed by atoms with van der Waals surface area (Å²) in [5, 5.41) is 31.2. The number of carbonyl (C=O) groups is 1. The molecule has 0 amide bonds. The summed E-state index contributed by atoms with van der Waals surface area (Å²) < 4.78 is 0. The Labute approximate surface area is 132 Å². The summed E-state index contributed by atoms with van der Waals surface area (Å²) in [6, 6.07) is 5.01. The Hall–Kier alpha value is -3.21. The summed E-state index contributed by atoms with van der Waals surface area (Å²) in [7, 11) is 0. The molecule has 118 valence electrons. The highest BCUT2D eigenvalue weighted by atomic mass is 32.1. The maximum absolute atomic E-state index is 11.2. The number of nitrogens with two attached hydrogens (primary N) is 1. The first-order valence-electron chi connectivity index (χ1n) is 6.23. The predicted octanol–water partition coefficient (Wildman–Crippen LogP) is 0.713. The fourth-order valence-corrected chi connectivity index (χ4v) is 2.41. The third kappa shape index (κ3) is 2.89. The van der Waals surface area contributed by atoms with Gasteiger partial charge in [0, 0.05) is 10.9 Å². The van der Waals surface area contributed by atoms with Crippen LogP contribution in [0.4, 0.5) is 5.13 Å². The summed E-state index contributed by atoms with van der Waals surface area (Å²) in [5.74, 6) is -1.28. The van der Waals surface area contributed by atoms with Gasteiger partial charge in [0.25, 0.3) is 0 Å². The summed E-state index contributed by atoms with van der Waals surface area (Å²) in [6.07, 6.45) is 0. The van der Waals surface area contributed by atoms with Gasteiger partial charge in [-0.15, -0.1) is 16.4 Å². The minimum atomic E-state index is -1.28. The molecule has 0 spiro atoms. The topological polar surface area (TPSA) is 149 Å². The van der Waals surface area contributed by atoms with Crippen LogP contribution in [0.5, 0.6) is 0 Å². The van der Waals surface area contributed by atoms with Gasteiger partial charge in [-0.05, 0) is 11.3 Å². The van der Waals surface area contributed by atoms with Gasteiger partial charge in [-0.1, -0.05) is 22.1 Å². The molecule has 4 N–H and O–H groups in total. The van der Waals surface area contributed by atoms with Gasteiger partial charge in [-0.3, -0.25) is 0 Å². The number of carboxylic acid groups (broad SMARTS) is 1. The van der Waals surface area contributed by atoms with Gasteiger partial charge in [0.05, 0.1) is 0 Å². The van der Waals surface area contributed by atoms with E-state index in [0.29, 0.717) is 21.4 Å². The molecule has 2 heterocycles. The van der Waals surface area contributed by atoms with Crippen LogP contribution in [0.15, 0.2) is 28.7 Å². The predicted molar refractivity (Wildman–Crippen MR) is 80.2 cm³/mol. The van der Waals surface area contributed by atoms with Crippen molar-refractivity contribution in [3.05, 3.63) is 34.8 Å². The van der Waals surface area contributed by atoms with Crippen molar-refractivity contribution in [2.75, 3.05) is 5.73 Å². The molecule has 3 aromatic rings. The van der Waals surface area contributed by atoms with Crippen LogP contribution < -0.4 is 5.73 Å². The van der Waals surface area contributed by atoms with Gasteiger partial charge in [0.15, 0.2) is 5.13 Å². The van der Waals surface area contributed by atoms with E-state index < -0.39 is 5.97 Å². The number of carboxylic acids is 1. The molecule has 23 heavy (non-hydrogen) atoms. The van der Waals surface area contributed by atoms with Crippen LogP contribution in [-0.2, 0) is 16.2 Å². The molecule has 0 radical (unpaired) electrons. The molecule has 11 heteroatoms. The molecule has 0 atom stereocenters. The lowest BCUT2D eigenvalue weighted by atomic mass is 10.2. The van der Waals surface area contributed by atoms with E-state index in [4.69, 9.17) is 15.7 Å². The molecule has 0 bridgehead atoms. The largest absolute Gasteiger partial charge is 0.476 e. The minimum Gasteiger partial charge on any atom is -0.476 e. The van der Waals surface area contributed by atoms with Crippen LogP contribution in [0, 0.1) is 0 Å². The lowest BCUT2D eigenvalue weighted by Crippen LogP contribution is -2.15. The molecule has 0 saturated heterocycles. The van der Waals surface area contributed by atoms with Gasteiger partial charge in [-0.2, -0.15) is 0 Å². The van der Waals surface area contributed by atoms with E-state index in [1.807, 2.05) is 0 Å². The van der Waals surface area contributed by atoms with E-state index in [-0.39, 0.29) is 23.1 Å². The number of nitrogen functional groups attached to an aromatic ring is 1. The number of thiazole rings is 1. The van der Waals surface area contributed by atoms with Crippen molar-refractivity contribution in [3.63, 3.8) is 0 Å². The number of fused-ring (bicyclic) bond motifs is 1. The van der Waals surface area contributed by atoms with E-state index in [9.17, 15) is 10.0 Å². The Morgan fingerprint density at radius 1 is 1.48 bits per heavy atom. The number of rotatable bonds is 5. The highest BCUT2D eigenvalue weighted by Crippen LogP contribution is 2.17. The number of hydrogen-bond acceptors (Lipinski definition) is 9. The number of hydrogen-bond donors (Lipinski definition) is 3. The fourth-order valence-electron chi connectivity index (χ4n) is 1.86. The maximum atomic E-state index is 11.2. The monoisotopic (exact) mass is 334 g/mol. The zero-order valence-corrected chi connectivity index (χ0v) is 12.3. The van der Waals surface area contributed by atoms with E-state index >= 15 is 0 Å². The van der Waals surface area contributed by atoms with Crippen molar-refractivity contribution < 1.29 is 19.9 Å². The lowest BCUT2D eigenvalue weighted by molar-refractivity contribution is -0.129. The molecule has 0 aliphatic heterocycles. The van der Waals surface area contributed by atoms with Crippen LogP contribution in [0.25, 0.3) is 11.0 Å². The van der Waals surface area contributed by atoms with Gasteiger partial charge in [0.2, 0.25) is 5.71 Å². The van der Waals surface area contributed by atoms with Crippen molar-refractivity contribution in [1.82, 2.24) is 20.1 Å². The number of nitrogens with zero attached hydrogens (tertiary/aromatic N) is 5. The van der Waals surface area contributed by atoms with Crippen molar-refractivity contribution in [1.29, 1.82) is 0 Å². The number of oxime groups is 1. The number of anilines is 1. The molecule has 10 nitrogen and oxygen atoms in total. The zero-order valence-electron chi connectivity index (χ0n) is 11.4. The highest BCUT2D eigenvalue weighted by Gasteiger charge is 2.17. The van der Waals surface area contributed by atoms with Crippen LogP contribution in [0.3, 0.4) is 0 Å². The van der Waals surface area contributed by atoms with E-state index in [1.165, 1.54) is 5.38 Å². The smallest absolute Gasteiger partial charge is 0.360 e. The Kier molecular flexibility index (Phi) is 3.76. The Morgan fingerprint density at radius 3 is 3.00 bits per heavy atom. The molecule has 0 fully saturated rings. The second-order valence-electron chi connectivity index (χ2n) is 4.35. The van der Waals surface area contributed by atoms with Crippen LogP contribution in [0.1, 0.15) is 11.3 Å². The maximum Gasteiger partial charge on any atom is 0.360 e. The molecule has 0 unspecified atom stereocenters. The molecule has 1 aromatic carbocycles. The average Bonchev–Trinajstić information content (AvgIpc) is 3.10. The second-order valence-corrected chi connectivity index (χ2v) is 5.24. The van der Waals surface area contributed by atoms with Crippen LogP contribution in [-0.4, -0.2) is 42.1 Å². The third-order valence-electron chi connectivity index (χ3n) is 2.89. The second kappa shape index (κ2) is 5.88. The Bertz CT molecular complexity index is 902. The number of benzene rings is 1. The van der Waals surface area contributed by atoms with E-state index in [1.54, 1.807) is 18.2 Å². The van der Waals surface area contributed by atoms with Gasteiger partial charge in [-0.25, -0.2) is 9.78 Å². The minimum absolute atomic E-state index is 0.0492. The molecular weight excluding hydrogens is 324 g/mol. The summed E-state index contributed by atoms with van der Waals surface area (Å²) >= 11 is 1.10. The van der Waals surface area contributed by atoms with Crippen molar-refractivity contribution >= 4 is 39.2 Å². The molecule has 2 aromatic heterocycles. The molecular formula is C12H10N6O4S. The normalized spacial score (nSPS) is 11.7. The Morgan fingerprint density at radius 2 is 2.30 bits per heavy atom. The fraction of sp³-hybridized carbons (Fsp3) is 0.0833. The SMILES string of the molecule is Nc1nc(C(=NOCc2cccc3c2nnn3O)C(=O)O)cs1. The molecule has 0 aliphatic rings. The zero-order chi connectivity index (χ0) is 16.4. The van der Waals surface area contributed by atoms with Gasteiger partial charge >= 0.3 is 5.97 Å².